The first-order valence-corrected chi connectivity index (χ1v) is 7.13. The summed E-state index contributed by atoms with van der Waals surface area (Å²) in [6.45, 7) is 1.96. The minimum absolute atomic E-state index is 0.689. The van der Waals surface area contributed by atoms with Gasteiger partial charge in [0.2, 0.25) is 0 Å². The van der Waals surface area contributed by atoms with Crippen molar-refractivity contribution < 1.29 is 4.74 Å². The second kappa shape index (κ2) is 5.88. The summed E-state index contributed by atoms with van der Waals surface area (Å²) < 4.78 is 6.39. The summed E-state index contributed by atoms with van der Waals surface area (Å²) in [4.78, 5) is 0. The lowest BCUT2D eigenvalue weighted by atomic mass is 10.2. The van der Waals surface area contributed by atoms with Crippen LogP contribution in [-0.4, -0.2) is 7.11 Å². The van der Waals surface area contributed by atoms with E-state index in [1.54, 1.807) is 7.11 Å². The molecule has 0 atom stereocenters. The zero-order chi connectivity index (χ0) is 14.0. The van der Waals surface area contributed by atoms with Gasteiger partial charge in [-0.15, -0.1) is 0 Å². The van der Waals surface area contributed by atoms with Crippen LogP contribution in [0.1, 0.15) is 5.56 Å². The van der Waals surface area contributed by atoms with Crippen LogP contribution in [0.2, 0.25) is 5.02 Å². The summed E-state index contributed by atoms with van der Waals surface area (Å²) in [6.07, 6.45) is 0. The number of ether oxygens (including phenoxy) is 1. The largest absolute Gasteiger partial charge is 0.495 e. The summed E-state index contributed by atoms with van der Waals surface area (Å²) in [5.74, 6) is 0.711. The Morgan fingerprint density at radius 1 is 1.21 bits per heavy atom. The van der Waals surface area contributed by atoms with Crippen molar-refractivity contribution in [3.8, 4) is 5.75 Å². The molecule has 0 unspecified atom stereocenters. The maximum atomic E-state index is 6.09. The van der Waals surface area contributed by atoms with E-state index in [-0.39, 0.29) is 0 Å². The average molecular weight is 389 g/mol. The van der Waals surface area contributed by atoms with Gasteiger partial charge in [0.05, 0.1) is 18.5 Å². The first-order chi connectivity index (χ1) is 9.01. The summed E-state index contributed by atoms with van der Waals surface area (Å²) in [6, 6.07) is 9.50. The molecule has 0 radical (unpaired) electrons. The van der Waals surface area contributed by atoms with Gasteiger partial charge in [-0.3, -0.25) is 0 Å². The maximum absolute atomic E-state index is 6.09. The second-order valence-electron chi connectivity index (χ2n) is 4.17. The number of methoxy groups -OCH3 is 1. The van der Waals surface area contributed by atoms with Gasteiger partial charge >= 0.3 is 0 Å². The highest BCUT2D eigenvalue weighted by molar-refractivity contribution is 14.1. The molecule has 0 amide bonds. The molecule has 0 aliphatic heterocycles. The second-order valence-corrected chi connectivity index (χ2v) is 5.74. The van der Waals surface area contributed by atoms with Crippen LogP contribution in [0.4, 0.5) is 17.1 Å². The van der Waals surface area contributed by atoms with Gasteiger partial charge in [-0.25, -0.2) is 0 Å². The Morgan fingerprint density at radius 2 is 1.95 bits per heavy atom. The van der Waals surface area contributed by atoms with E-state index in [0.29, 0.717) is 10.8 Å². The summed E-state index contributed by atoms with van der Waals surface area (Å²) in [5, 5.41) is 4.03. The zero-order valence-electron chi connectivity index (χ0n) is 10.6. The zero-order valence-corrected chi connectivity index (χ0v) is 13.5. The van der Waals surface area contributed by atoms with E-state index in [9.17, 15) is 0 Å². The molecule has 19 heavy (non-hydrogen) atoms. The van der Waals surface area contributed by atoms with Crippen molar-refractivity contribution in [3.63, 3.8) is 0 Å². The standard InChI is InChI=1S/C14H14ClIN2O/c1-8-5-13(14(19-2)7-10(8)15)18-12-4-3-9(17)6-11(12)16/h3-7,18H,17H2,1-2H3. The Kier molecular flexibility index (Phi) is 4.42. The van der Waals surface area contributed by atoms with Crippen LogP contribution in [0.3, 0.4) is 0 Å². The van der Waals surface area contributed by atoms with Gasteiger partial charge in [0.1, 0.15) is 5.75 Å². The molecule has 0 aliphatic carbocycles. The molecule has 3 N–H and O–H groups in total. The molecule has 0 aromatic heterocycles. The smallest absolute Gasteiger partial charge is 0.143 e. The molecule has 0 fully saturated rings. The Labute approximate surface area is 131 Å². The molecule has 0 spiro atoms. The van der Waals surface area contributed by atoms with Crippen molar-refractivity contribution in [2.75, 3.05) is 18.2 Å². The van der Waals surface area contributed by atoms with E-state index in [1.807, 2.05) is 37.3 Å². The molecular formula is C14H14ClIN2O. The number of hydrogen-bond acceptors (Lipinski definition) is 3. The summed E-state index contributed by atoms with van der Waals surface area (Å²) in [7, 11) is 1.63. The first-order valence-electron chi connectivity index (χ1n) is 5.67. The Hall–Kier alpha value is -1.14. The molecule has 2 aromatic carbocycles. The van der Waals surface area contributed by atoms with Gasteiger partial charge in [0, 0.05) is 20.3 Å². The Bertz CT molecular complexity index is 617. The molecular weight excluding hydrogens is 375 g/mol. The Balaban J connectivity index is 2.40. The van der Waals surface area contributed by atoms with Gasteiger partial charge in [0.25, 0.3) is 0 Å². The number of nitrogens with one attached hydrogen (secondary N) is 1. The van der Waals surface area contributed by atoms with E-state index in [1.165, 1.54) is 0 Å². The van der Waals surface area contributed by atoms with E-state index in [0.717, 1.165) is 26.2 Å². The number of hydrogen-bond donors (Lipinski definition) is 2. The highest BCUT2D eigenvalue weighted by atomic mass is 127. The lowest BCUT2D eigenvalue weighted by Gasteiger charge is -2.14. The summed E-state index contributed by atoms with van der Waals surface area (Å²) in [5.41, 5.74) is 9.35. The van der Waals surface area contributed by atoms with Gasteiger partial charge in [0.15, 0.2) is 0 Å². The number of anilines is 3. The molecule has 0 saturated carbocycles. The first kappa shape index (κ1) is 14.3. The highest BCUT2D eigenvalue weighted by Gasteiger charge is 2.09. The van der Waals surface area contributed by atoms with Crippen LogP contribution in [0, 0.1) is 10.5 Å². The van der Waals surface area contributed by atoms with E-state index < -0.39 is 0 Å². The highest BCUT2D eigenvalue weighted by Crippen LogP contribution is 2.34. The van der Waals surface area contributed by atoms with Crippen LogP contribution in [0.5, 0.6) is 5.75 Å². The molecule has 100 valence electrons. The SMILES string of the molecule is COc1cc(Cl)c(C)cc1Nc1ccc(N)cc1I. The van der Waals surface area contributed by atoms with Crippen molar-refractivity contribution in [1.29, 1.82) is 0 Å². The van der Waals surface area contributed by atoms with Crippen molar-refractivity contribution in [2.45, 2.75) is 6.92 Å². The number of rotatable bonds is 3. The molecule has 0 saturated heterocycles. The quantitative estimate of drug-likeness (QED) is 0.597. The average Bonchev–Trinajstić information content (AvgIpc) is 2.36. The van der Waals surface area contributed by atoms with E-state index >= 15 is 0 Å². The molecule has 0 bridgehead atoms. The van der Waals surface area contributed by atoms with Crippen molar-refractivity contribution in [2.24, 2.45) is 0 Å². The van der Waals surface area contributed by atoms with Crippen LogP contribution in [-0.2, 0) is 0 Å². The maximum Gasteiger partial charge on any atom is 0.143 e. The number of benzene rings is 2. The fraction of sp³-hybridized carbons (Fsp3) is 0.143. The van der Waals surface area contributed by atoms with Crippen LogP contribution >= 0.6 is 34.2 Å². The topological polar surface area (TPSA) is 47.3 Å². The van der Waals surface area contributed by atoms with E-state index in [4.69, 9.17) is 22.1 Å². The normalized spacial score (nSPS) is 10.3. The molecule has 2 rings (SSSR count). The van der Waals surface area contributed by atoms with Crippen LogP contribution in [0.15, 0.2) is 30.3 Å². The lowest BCUT2D eigenvalue weighted by Crippen LogP contribution is -1.98. The predicted octanol–water partition coefficient (Wildman–Crippen LogP) is 4.59. The van der Waals surface area contributed by atoms with Crippen LogP contribution < -0.4 is 15.8 Å². The third kappa shape index (κ3) is 3.25. The molecule has 2 aromatic rings. The van der Waals surface area contributed by atoms with Crippen molar-refractivity contribution >= 4 is 51.3 Å². The number of nitrogen functional groups attached to an aromatic ring is 1. The number of aryl methyl sites for hydroxylation is 1. The third-order valence-corrected chi connectivity index (χ3v) is 4.04. The third-order valence-electron chi connectivity index (χ3n) is 2.74. The van der Waals surface area contributed by atoms with Crippen LogP contribution in [0.25, 0.3) is 0 Å². The molecule has 3 nitrogen and oxygen atoms in total. The van der Waals surface area contributed by atoms with Gasteiger partial charge in [-0.2, -0.15) is 0 Å². The fourth-order valence-corrected chi connectivity index (χ4v) is 2.54. The fourth-order valence-electron chi connectivity index (χ4n) is 1.71. The molecule has 0 heterocycles. The van der Waals surface area contributed by atoms with Crippen molar-refractivity contribution in [1.82, 2.24) is 0 Å². The van der Waals surface area contributed by atoms with Gasteiger partial charge in [-0.1, -0.05) is 11.6 Å². The van der Waals surface area contributed by atoms with Gasteiger partial charge < -0.3 is 15.8 Å². The minimum atomic E-state index is 0.689. The Morgan fingerprint density at radius 3 is 2.58 bits per heavy atom. The lowest BCUT2D eigenvalue weighted by molar-refractivity contribution is 0.417. The monoisotopic (exact) mass is 388 g/mol. The minimum Gasteiger partial charge on any atom is -0.495 e. The molecule has 0 aliphatic rings. The van der Waals surface area contributed by atoms with Crippen molar-refractivity contribution in [3.05, 3.63) is 44.5 Å². The summed E-state index contributed by atoms with van der Waals surface area (Å²) >= 11 is 8.34. The predicted molar refractivity (Wildman–Crippen MR) is 89.6 cm³/mol. The van der Waals surface area contributed by atoms with E-state index in [2.05, 4.69) is 27.9 Å². The van der Waals surface area contributed by atoms with Gasteiger partial charge in [-0.05, 0) is 59.3 Å². The molecule has 5 heteroatoms. The number of nitrogens with two attached hydrogens (primary N) is 1. The number of halogens is 2.